The van der Waals surface area contributed by atoms with E-state index in [-0.39, 0.29) is 11.8 Å². The molecule has 0 atom stereocenters. The maximum absolute atomic E-state index is 12.9. The quantitative estimate of drug-likeness (QED) is 0.346. The molecule has 0 fully saturated rings. The third-order valence-corrected chi connectivity index (χ3v) is 5.89. The third kappa shape index (κ3) is 6.24. The predicted octanol–water partition coefficient (Wildman–Crippen LogP) is 4.55. The van der Waals surface area contributed by atoms with Gasteiger partial charge in [0.25, 0.3) is 11.1 Å². The first-order valence-corrected chi connectivity index (χ1v) is 11.8. The number of anilines is 1. The van der Waals surface area contributed by atoms with Crippen LogP contribution in [0.2, 0.25) is 0 Å². The number of nitrogens with one attached hydrogen (secondary N) is 2. The van der Waals surface area contributed by atoms with Crippen molar-refractivity contribution in [3.63, 3.8) is 0 Å². The molecule has 7 nitrogen and oxygen atoms in total. The average molecular weight is 475 g/mol. The van der Waals surface area contributed by atoms with Crippen molar-refractivity contribution < 1.29 is 14.0 Å². The molecule has 0 spiro atoms. The number of aromatic nitrogens is 1. The standard InChI is InChI=1S/C26H26N4O3S/c1-30(2)16-24(31)28-20-10-7-8-18(14-20)15-27-25(32)21-11-4-3-9-19(21)17-34-26-29-22-12-5-6-13-23(22)33-26/h3-14H,15-17H2,1-2H3,(H,27,32)(H,28,31). The van der Waals surface area contributed by atoms with Gasteiger partial charge in [0.2, 0.25) is 5.91 Å². The summed E-state index contributed by atoms with van der Waals surface area (Å²) in [5.41, 5.74) is 4.67. The number of carbonyl (C=O) groups excluding carboxylic acids is 2. The van der Waals surface area contributed by atoms with Crippen molar-refractivity contribution in [1.82, 2.24) is 15.2 Å². The molecule has 4 rings (SSSR count). The van der Waals surface area contributed by atoms with E-state index in [0.29, 0.717) is 35.3 Å². The number of rotatable bonds is 9. The number of nitrogens with zero attached hydrogens (tertiary/aromatic N) is 2. The van der Waals surface area contributed by atoms with E-state index in [2.05, 4.69) is 15.6 Å². The van der Waals surface area contributed by atoms with Crippen LogP contribution in [0.4, 0.5) is 5.69 Å². The number of hydrogen-bond donors (Lipinski definition) is 2. The van der Waals surface area contributed by atoms with Crippen LogP contribution in [0.1, 0.15) is 21.5 Å². The van der Waals surface area contributed by atoms with Gasteiger partial charge in [-0.1, -0.05) is 54.2 Å². The maximum atomic E-state index is 12.9. The van der Waals surface area contributed by atoms with E-state index in [4.69, 9.17) is 4.42 Å². The lowest BCUT2D eigenvalue weighted by atomic mass is 10.1. The number of carbonyl (C=O) groups is 2. The van der Waals surface area contributed by atoms with Crippen LogP contribution in [0.3, 0.4) is 0 Å². The minimum Gasteiger partial charge on any atom is -0.431 e. The number of oxazole rings is 1. The van der Waals surface area contributed by atoms with Gasteiger partial charge in [0, 0.05) is 23.5 Å². The highest BCUT2D eigenvalue weighted by Gasteiger charge is 2.13. The molecule has 1 heterocycles. The Morgan fingerprint density at radius 1 is 1.00 bits per heavy atom. The zero-order valence-electron chi connectivity index (χ0n) is 19.1. The predicted molar refractivity (Wildman–Crippen MR) is 135 cm³/mol. The number of amides is 2. The number of fused-ring (bicyclic) bond motifs is 1. The molecule has 0 radical (unpaired) electrons. The van der Waals surface area contributed by atoms with E-state index in [1.165, 1.54) is 11.8 Å². The zero-order valence-corrected chi connectivity index (χ0v) is 19.9. The van der Waals surface area contributed by atoms with Crippen molar-refractivity contribution in [2.45, 2.75) is 17.5 Å². The van der Waals surface area contributed by atoms with E-state index in [1.54, 1.807) is 4.90 Å². The highest BCUT2D eigenvalue weighted by molar-refractivity contribution is 7.98. The van der Waals surface area contributed by atoms with Gasteiger partial charge in [0.15, 0.2) is 5.58 Å². The van der Waals surface area contributed by atoms with Gasteiger partial charge in [-0.25, -0.2) is 4.98 Å². The van der Waals surface area contributed by atoms with Gasteiger partial charge in [-0.3, -0.25) is 9.59 Å². The van der Waals surface area contributed by atoms with Crippen molar-refractivity contribution in [3.8, 4) is 0 Å². The molecule has 0 aliphatic heterocycles. The molecule has 3 aromatic carbocycles. The van der Waals surface area contributed by atoms with Crippen LogP contribution in [0.5, 0.6) is 0 Å². The van der Waals surface area contributed by atoms with Crippen LogP contribution >= 0.6 is 11.8 Å². The van der Waals surface area contributed by atoms with Gasteiger partial charge in [-0.05, 0) is 55.6 Å². The lowest BCUT2D eigenvalue weighted by Crippen LogP contribution is -2.27. The monoisotopic (exact) mass is 474 g/mol. The molecular formula is C26H26N4O3S. The summed E-state index contributed by atoms with van der Waals surface area (Å²) in [5.74, 6) is 0.316. The summed E-state index contributed by atoms with van der Waals surface area (Å²) in [5, 5.41) is 6.43. The number of benzene rings is 3. The fourth-order valence-corrected chi connectivity index (χ4v) is 4.29. The molecule has 174 valence electrons. The van der Waals surface area contributed by atoms with E-state index in [1.807, 2.05) is 86.9 Å². The van der Waals surface area contributed by atoms with E-state index in [9.17, 15) is 9.59 Å². The molecule has 0 aliphatic rings. The normalized spacial score (nSPS) is 11.0. The molecule has 1 aromatic heterocycles. The van der Waals surface area contributed by atoms with Gasteiger partial charge in [0.1, 0.15) is 5.52 Å². The molecule has 0 unspecified atom stereocenters. The molecule has 8 heteroatoms. The minimum atomic E-state index is -0.157. The molecule has 34 heavy (non-hydrogen) atoms. The number of hydrogen-bond acceptors (Lipinski definition) is 6. The van der Waals surface area contributed by atoms with Gasteiger partial charge < -0.3 is 20.0 Å². The van der Waals surface area contributed by atoms with Crippen molar-refractivity contribution in [1.29, 1.82) is 0 Å². The Morgan fingerprint density at radius 3 is 2.62 bits per heavy atom. The van der Waals surface area contributed by atoms with Crippen LogP contribution in [0.15, 0.2) is 82.4 Å². The molecule has 2 amide bonds. The van der Waals surface area contributed by atoms with E-state index >= 15 is 0 Å². The second-order valence-electron chi connectivity index (χ2n) is 8.06. The maximum Gasteiger partial charge on any atom is 0.257 e. The number of thioether (sulfide) groups is 1. The second-order valence-corrected chi connectivity index (χ2v) is 8.99. The molecule has 0 saturated heterocycles. The summed E-state index contributed by atoms with van der Waals surface area (Å²) in [7, 11) is 3.68. The smallest absolute Gasteiger partial charge is 0.257 e. The van der Waals surface area contributed by atoms with E-state index < -0.39 is 0 Å². The Balaban J connectivity index is 1.37. The van der Waals surface area contributed by atoms with Crippen LogP contribution in [0.25, 0.3) is 11.1 Å². The average Bonchev–Trinajstić information content (AvgIpc) is 3.24. The van der Waals surface area contributed by atoms with Gasteiger partial charge >= 0.3 is 0 Å². The molecular weight excluding hydrogens is 448 g/mol. The van der Waals surface area contributed by atoms with Crippen molar-refractivity contribution >= 4 is 40.4 Å². The third-order valence-electron chi connectivity index (χ3n) is 5.01. The summed E-state index contributed by atoms with van der Waals surface area (Å²) in [6, 6.07) is 22.6. The zero-order chi connectivity index (χ0) is 23.9. The summed E-state index contributed by atoms with van der Waals surface area (Å²) in [6.45, 7) is 0.655. The molecule has 0 saturated carbocycles. The van der Waals surface area contributed by atoms with Gasteiger partial charge in [0.05, 0.1) is 6.54 Å². The largest absolute Gasteiger partial charge is 0.431 e. The van der Waals surface area contributed by atoms with Crippen LogP contribution < -0.4 is 10.6 Å². The Hall–Kier alpha value is -3.62. The van der Waals surface area contributed by atoms with Crippen LogP contribution in [-0.4, -0.2) is 42.3 Å². The first kappa shape index (κ1) is 23.5. The second kappa shape index (κ2) is 11.0. The fourth-order valence-electron chi connectivity index (χ4n) is 3.44. The van der Waals surface area contributed by atoms with Crippen LogP contribution in [-0.2, 0) is 17.1 Å². The van der Waals surface area contributed by atoms with Crippen LogP contribution in [0, 0.1) is 0 Å². The summed E-state index contributed by atoms with van der Waals surface area (Å²) < 4.78 is 5.77. The SMILES string of the molecule is CN(C)CC(=O)Nc1cccc(CNC(=O)c2ccccc2CSc2nc3ccccc3o2)c1. The van der Waals surface area contributed by atoms with Crippen molar-refractivity contribution in [3.05, 3.63) is 89.5 Å². The van der Waals surface area contributed by atoms with Crippen molar-refractivity contribution in [2.75, 3.05) is 26.0 Å². The topological polar surface area (TPSA) is 87.5 Å². The van der Waals surface area contributed by atoms with Gasteiger partial charge in [-0.2, -0.15) is 0 Å². The molecule has 2 N–H and O–H groups in total. The summed E-state index contributed by atoms with van der Waals surface area (Å²) in [4.78, 5) is 31.2. The molecule has 0 aliphatic carbocycles. The summed E-state index contributed by atoms with van der Waals surface area (Å²) in [6.07, 6.45) is 0. The Kier molecular flexibility index (Phi) is 7.61. The number of para-hydroxylation sites is 2. The number of likely N-dealkylation sites (N-methyl/N-ethyl adjacent to an activating group) is 1. The van der Waals surface area contributed by atoms with Gasteiger partial charge in [-0.15, -0.1) is 0 Å². The summed E-state index contributed by atoms with van der Waals surface area (Å²) >= 11 is 1.46. The first-order valence-electron chi connectivity index (χ1n) is 10.9. The first-order chi connectivity index (χ1) is 16.5. The molecule has 0 bridgehead atoms. The Bertz CT molecular complexity index is 1270. The lowest BCUT2D eigenvalue weighted by Gasteiger charge is -2.12. The lowest BCUT2D eigenvalue weighted by molar-refractivity contribution is -0.116. The minimum absolute atomic E-state index is 0.0865. The Morgan fingerprint density at radius 2 is 1.79 bits per heavy atom. The highest BCUT2D eigenvalue weighted by Crippen LogP contribution is 2.27. The molecule has 4 aromatic rings. The highest BCUT2D eigenvalue weighted by atomic mass is 32.2. The van der Waals surface area contributed by atoms with Crippen molar-refractivity contribution in [2.24, 2.45) is 0 Å². The fraction of sp³-hybridized carbons (Fsp3) is 0.192. The van der Waals surface area contributed by atoms with E-state index in [0.717, 1.165) is 22.2 Å². The Labute approximate surface area is 202 Å².